The van der Waals surface area contributed by atoms with Crippen LogP contribution < -0.4 is 14.8 Å². The van der Waals surface area contributed by atoms with Crippen molar-refractivity contribution < 1.29 is 42.9 Å². The van der Waals surface area contributed by atoms with Crippen LogP contribution in [0.2, 0.25) is 0 Å². The average Bonchev–Trinajstić information content (AvgIpc) is 2.84. The summed E-state index contributed by atoms with van der Waals surface area (Å²) in [6.45, 7) is -0.545. The van der Waals surface area contributed by atoms with Gasteiger partial charge in [0, 0.05) is 18.2 Å². The normalized spacial score (nSPS) is 10.1. The summed E-state index contributed by atoms with van der Waals surface area (Å²) in [7, 11) is 5.43. The molecule has 10 heteroatoms. The molecule has 2 aromatic rings. The number of rotatable bonds is 10. The third-order valence-corrected chi connectivity index (χ3v) is 4.45. The van der Waals surface area contributed by atoms with Crippen LogP contribution in [0.4, 0.5) is 5.69 Å². The predicted molar refractivity (Wildman–Crippen MR) is 117 cm³/mol. The lowest BCUT2D eigenvalue weighted by Crippen LogP contribution is -2.21. The first-order valence-corrected chi connectivity index (χ1v) is 9.78. The molecule has 0 aliphatic rings. The molecule has 0 saturated carbocycles. The van der Waals surface area contributed by atoms with Gasteiger partial charge >= 0.3 is 17.9 Å². The second-order valence-corrected chi connectivity index (χ2v) is 6.71. The second-order valence-electron chi connectivity index (χ2n) is 6.71. The number of amides is 1. The highest BCUT2D eigenvalue weighted by atomic mass is 16.5. The maximum atomic E-state index is 12.2. The molecule has 176 valence electrons. The van der Waals surface area contributed by atoms with E-state index in [1.165, 1.54) is 46.6 Å². The number of carbonyl (C=O) groups excluding carboxylic acids is 4. The summed E-state index contributed by atoms with van der Waals surface area (Å²) in [5.74, 6) is -1.43. The Kier molecular flexibility index (Phi) is 9.22. The number of aryl methyl sites for hydroxylation is 1. The molecule has 33 heavy (non-hydrogen) atoms. The van der Waals surface area contributed by atoms with Crippen molar-refractivity contribution in [2.75, 3.05) is 40.4 Å². The Morgan fingerprint density at radius 1 is 0.758 bits per heavy atom. The minimum atomic E-state index is -0.697. The van der Waals surface area contributed by atoms with Gasteiger partial charge in [-0.25, -0.2) is 9.59 Å². The number of hydrogen-bond donors (Lipinski definition) is 1. The van der Waals surface area contributed by atoms with E-state index >= 15 is 0 Å². The van der Waals surface area contributed by atoms with E-state index in [-0.39, 0.29) is 23.2 Å². The van der Waals surface area contributed by atoms with Crippen molar-refractivity contribution in [3.63, 3.8) is 0 Å². The zero-order chi connectivity index (χ0) is 24.4. The van der Waals surface area contributed by atoms with Crippen molar-refractivity contribution in [1.82, 2.24) is 0 Å². The van der Waals surface area contributed by atoms with Gasteiger partial charge in [0.2, 0.25) is 0 Å². The molecule has 2 aromatic carbocycles. The van der Waals surface area contributed by atoms with Gasteiger partial charge in [-0.3, -0.25) is 9.59 Å². The van der Waals surface area contributed by atoms with Crippen molar-refractivity contribution in [3.05, 3.63) is 53.1 Å². The molecule has 0 fully saturated rings. The Hall–Kier alpha value is -4.08. The highest BCUT2D eigenvalue weighted by molar-refractivity contribution is 6.00. The molecular formula is C23H25NO9. The van der Waals surface area contributed by atoms with Crippen LogP contribution in [0.1, 0.15) is 32.7 Å². The van der Waals surface area contributed by atoms with Gasteiger partial charge in [-0.05, 0) is 42.3 Å². The Morgan fingerprint density at radius 3 is 1.79 bits per heavy atom. The largest absolute Gasteiger partial charge is 0.497 e. The minimum absolute atomic E-state index is 0.0356. The van der Waals surface area contributed by atoms with Crippen LogP contribution in [-0.4, -0.2) is 58.9 Å². The van der Waals surface area contributed by atoms with E-state index in [1.54, 1.807) is 18.2 Å². The van der Waals surface area contributed by atoms with E-state index in [2.05, 4.69) is 14.8 Å². The maximum Gasteiger partial charge on any atom is 0.337 e. The predicted octanol–water partition coefficient (Wildman–Crippen LogP) is 2.39. The molecule has 1 amide bonds. The van der Waals surface area contributed by atoms with Gasteiger partial charge in [0.15, 0.2) is 6.61 Å². The van der Waals surface area contributed by atoms with Gasteiger partial charge in [-0.1, -0.05) is 0 Å². The molecule has 0 heterocycles. The minimum Gasteiger partial charge on any atom is -0.497 e. The summed E-state index contributed by atoms with van der Waals surface area (Å²) < 4.78 is 24.7. The quantitative estimate of drug-likeness (QED) is 0.421. The van der Waals surface area contributed by atoms with Crippen molar-refractivity contribution >= 4 is 29.5 Å². The van der Waals surface area contributed by atoms with E-state index in [0.29, 0.717) is 17.9 Å². The first kappa shape index (κ1) is 25.2. The van der Waals surface area contributed by atoms with Crippen LogP contribution in [-0.2, 0) is 30.2 Å². The van der Waals surface area contributed by atoms with Crippen molar-refractivity contribution in [3.8, 4) is 11.5 Å². The lowest BCUT2D eigenvalue weighted by Gasteiger charge is -2.10. The molecule has 0 unspecified atom stereocenters. The molecule has 0 radical (unpaired) electrons. The monoisotopic (exact) mass is 459 g/mol. The van der Waals surface area contributed by atoms with Gasteiger partial charge in [0.05, 0.1) is 39.6 Å². The highest BCUT2D eigenvalue weighted by Crippen LogP contribution is 2.23. The molecule has 0 atom stereocenters. The molecule has 0 aliphatic carbocycles. The zero-order valence-corrected chi connectivity index (χ0v) is 18.8. The van der Waals surface area contributed by atoms with Gasteiger partial charge in [0.25, 0.3) is 5.91 Å². The summed E-state index contributed by atoms with van der Waals surface area (Å²) in [5.41, 5.74) is 1.04. The molecule has 0 aromatic heterocycles. The molecule has 10 nitrogen and oxygen atoms in total. The van der Waals surface area contributed by atoms with Crippen LogP contribution in [0.3, 0.4) is 0 Å². The standard InChI is InChI=1S/C23H25NO9/c1-29-18-7-14(8-19(12-18)30-2)5-6-21(26)33-13-20(25)24-17-10-15(22(27)31-3)9-16(11-17)23(28)32-4/h7-12H,5-6,13H2,1-4H3,(H,24,25). The molecule has 2 rings (SSSR count). The van der Waals surface area contributed by atoms with Crippen molar-refractivity contribution in [2.45, 2.75) is 12.8 Å². The number of esters is 3. The number of benzene rings is 2. The van der Waals surface area contributed by atoms with Crippen LogP contribution in [0, 0.1) is 0 Å². The first-order chi connectivity index (χ1) is 15.8. The maximum absolute atomic E-state index is 12.2. The third kappa shape index (κ3) is 7.53. The topological polar surface area (TPSA) is 126 Å². The smallest absolute Gasteiger partial charge is 0.337 e. The number of anilines is 1. The van der Waals surface area contributed by atoms with Crippen LogP contribution in [0.15, 0.2) is 36.4 Å². The molecular weight excluding hydrogens is 434 g/mol. The zero-order valence-electron chi connectivity index (χ0n) is 18.8. The summed E-state index contributed by atoms with van der Waals surface area (Å²) in [6, 6.07) is 9.20. The fraction of sp³-hybridized carbons (Fsp3) is 0.304. The van der Waals surface area contributed by atoms with E-state index in [0.717, 1.165) is 5.56 Å². The molecule has 0 bridgehead atoms. The number of ether oxygens (including phenoxy) is 5. The van der Waals surface area contributed by atoms with E-state index < -0.39 is 30.4 Å². The summed E-state index contributed by atoms with van der Waals surface area (Å²) in [6.07, 6.45) is 0.394. The highest BCUT2D eigenvalue weighted by Gasteiger charge is 2.16. The van der Waals surface area contributed by atoms with E-state index in [9.17, 15) is 19.2 Å². The fourth-order valence-electron chi connectivity index (χ4n) is 2.84. The fourth-order valence-corrected chi connectivity index (χ4v) is 2.84. The molecule has 0 spiro atoms. The lowest BCUT2D eigenvalue weighted by atomic mass is 10.1. The summed E-state index contributed by atoms with van der Waals surface area (Å²) >= 11 is 0. The van der Waals surface area contributed by atoms with Crippen molar-refractivity contribution in [1.29, 1.82) is 0 Å². The van der Waals surface area contributed by atoms with E-state index in [1.807, 2.05) is 0 Å². The summed E-state index contributed by atoms with van der Waals surface area (Å²) in [4.78, 5) is 47.9. The second kappa shape index (κ2) is 12.1. The van der Waals surface area contributed by atoms with Gasteiger partial charge in [0.1, 0.15) is 11.5 Å². The number of carbonyl (C=O) groups is 4. The molecule has 0 aliphatic heterocycles. The molecule has 0 saturated heterocycles. The Balaban J connectivity index is 1.95. The van der Waals surface area contributed by atoms with Crippen LogP contribution >= 0.6 is 0 Å². The summed E-state index contributed by atoms with van der Waals surface area (Å²) in [5, 5.41) is 2.48. The third-order valence-electron chi connectivity index (χ3n) is 4.45. The number of methoxy groups -OCH3 is 4. The molecule has 1 N–H and O–H groups in total. The van der Waals surface area contributed by atoms with Gasteiger partial charge in [-0.15, -0.1) is 0 Å². The van der Waals surface area contributed by atoms with Crippen LogP contribution in [0.25, 0.3) is 0 Å². The lowest BCUT2D eigenvalue weighted by molar-refractivity contribution is -0.147. The Morgan fingerprint density at radius 2 is 1.30 bits per heavy atom. The average molecular weight is 459 g/mol. The number of nitrogens with one attached hydrogen (secondary N) is 1. The van der Waals surface area contributed by atoms with Crippen LogP contribution in [0.5, 0.6) is 11.5 Å². The Labute approximate surface area is 190 Å². The first-order valence-electron chi connectivity index (χ1n) is 9.78. The number of hydrogen-bond acceptors (Lipinski definition) is 9. The van der Waals surface area contributed by atoms with Crippen molar-refractivity contribution in [2.24, 2.45) is 0 Å². The van der Waals surface area contributed by atoms with Gasteiger partial charge < -0.3 is 29.0 Å². The van der Waals surface area contributed by atoms with E-state index in [4.69, 9.17) is 14.2 Å². The van der Waals surface area contributed by atoms with Gasteiger partial charge in [-0.2, -0.15) is 0 Å². The SMILES string of the molecule is COC(=O)c1cc(NC(=O)COC(=O)CCc2cc(OC)cc(OC)c2)cc(C(=O)OC)c1. The Bertz CT molecular complexity index is 976.